The standard InChI is InChI=1S/C11H18N2S/c1-3-5-10(13-6-4-2)7-11-8-12-9-14-11/h3,8-10,13H,1,4-7H2,2H3. The van der Waals surface area contributed by atoms with E-state index < -0.39 is 0 Å². The van der Waals surface area contributed by atoms with Crippen LogP contribution in [0.1, 0.15) is 24.6 Å². The van der Waals surface area contributed by atoms with Crippen LogP contribution in [0, 0.1) is 0 Å². The summed E-state index contributed by atoms with van der Waals surface area (Å²) < 4.78 is 0. The third-order valence-corrected chi connectivity index (χ3v) is 2.87. The molecule has 1 N–H and O–H groups in total. The van der Waals surface area contributed by atoms with E-state index in [1.807, 2.05) is 17.8 Å². The lowest BCUT2D eigenvalue weighted by molar-refractivity contribution is 0.514. The van der Waals surface area contributed by atoms with Gasteiger partial charge in [0.1, 0.15) is 0 Å². The van der Waals surface area contributed by atoms with Crippen LogP contribution in [-0.4, -0.2) is 17.6 Å². The van der Waals surface area contributed by atoms with Crippen molar-refractivity contribution in [3.05, 3.63) is 29.2 Å². The Hall–Kier alpha value is -0.670. The van der Waals surface area contributed by atoms with Crippen LogP contribution >= 0.6 is 11.3 Å². The molecule has 0 aliphatic carbocycles. The van der Waals surface area contributed by atoms with Gasteiger partial charge in [-0.3, -0.25) is 4.98 Å². The van der Waals surface area contributed by atoms with Gasteiger partial charge in [-0.25, -0.2) is 0 Å². The van der Waals surface area contributed by atoms with Gasteiger partial charge in [0.15, 0.2) is 0 Å². The van der Waals surface area contributed by atoms with Crippen LogP contribution in [0.4, 0.5) is 0 Å². The van der Waals surface area contributed by atoms with Gasteiger partial charge in [-0.2, -0.15) is 0 Å². The number of nitrogens with one attached hydrogen (secondary N) is 1. The Labute approximate surface area is 90.1 Å². The molecule has 0 aliphatic rings. The maximum absolute atomic E-state index is 4.08. The topological polar surface area (TPSA) is 24.9 Å². The van der Waals surface area contributed by atoms with E-state index in [2.05, 4.69) is 23.8 Å². The van der Waals surface area contributed by atoms with Crippen molar-refractivity contribution in [2.45, 2.75) is 32.2 Å². The minimum atomic E-state index is 0.521. The molecule has 1 atom stereocenters. The molecule has 0 bridgehead atoms. The van der Waals surface area contributed by atoms with Gasteiger partial charge in [-0.05, 0) is 25.8 Å². The average molecular weight is 210 g/mol. The monoisotopic (exact) mass is 210 g/mol. The average Bonchev–Trinajstić information content (AvgIpc) is 2.67. The number of thiazole rings is 1. The Morgan fingerprint density at radius 3 is 3.14 bits per heavy atom. The van der Waals surface area contributed by atoms with Gasteiger partial charge in [0.2, 0.25) is 0 Å². The number of hydrogen-bond acceptors (Lipinski definition) is 3. The summed E-state index contributed by atoms with van der Waals surface area (Å²) in [5.74, 6) is 0. The highest BCUT2D eigenvalue weighted by atomic mass is 32.1. The van der Waals surface area contributed by atoms with Crippen molar-refractivity contribution in [3.8, 4) is 0 Å². The minimum absolute atomic E-state index is 0.521. The summed E-state index contributed by atoms with van der Waals surface area (Å²) in [5.41, 5.74) is 1.89. The third kappa shape index (κ3) is 4.03. The number of nitrogens with zero attached hydrogens (tertiary/aromatic N) is 1. The van der Waals surface area contributed by atoms with Gasteiger partial charge in [-0.1, -0.05) is 13.0 Å². The summed E-state index contributed by atoms with van der Waals surface area (Å²) in [7, 11) is 0. The third-order valence-electron chi connectivity index (χ3n) is 2.07. The molecule has 0 aromatic carbocycles. The fourth-order valence-corrected chi connectivity index (χ4v) is 2.05. The summed E-state index contributed by atoms with van der Waals surface area (Å²) in [5, 5.41) is 3.52. The molecule has 0 aliphatic heterocycles. The molecule has 3 heteroatoms. The Kier molecular flexibility index (Phi) is 5.49. The SMILES string of the molecule is C=CCC(Cc1cncs1)NCCC. The fourth-order valence-electron chi connectivity index (χ4n) is 1.37. The first kappa shape index (κ1) is 11.4. The van der Waals surface area contributed by atoms with Gasteiger partial charge >= 0.3 is 0 Å². The van der Waals surface area contributed by atoms with Crippen LogP contribution in [0.15, 0.2) is 24.4 Å². The molecule has 78 valence electrons. The zero-order valence-corrected chi connectivity index (χ0v) is 9.52. The molecule has 1 rings (SSSR count). The zero-order chi connectivity index (χ0) is 10.2. The van der Waals surface area contributed by atoms with E-state index in [9.17, 15) is 0 Å². The summed E-state index contributed by atoms with van der Waals surface area (Å²) >= 11 is 1.73. The molecule has 1 unspecified atom stereocenters. The molecule has 1 aromatic rings. The predicted molar refractivity (Wildman–Crippen MR) is 62.7 cm³/mol. The van der Waals surface area contributed by atoms with E-state index in [-0.39, 0.29) is 0 Å². The zero-order valence-electron chi connectivity index (χ0n) is 8.70. The lowest BCUT2D eigenvalue weighted by Gasteiger charge is -2.15. The summed E-state index contributed by atoms with van der Waals surface area (Å²) in [6.45, 7) is 7.05. The summed E-state index contributed by atoms with van der Waals surface area (Å²) in [4.78, 5) is 5.43. The molecule has 1 heterocycles. The van der Waals surface area contributed by atoms with Gasteiger partial charge in [0, 0.05) is 17.1 Å². The van der Waals surface area contributed by atoms with Gasteiger partial charge in [0.25, 0.3) is 0 Å². The first-order chi connectivity index (χ1) is 6.86. The highest BCUT2D eigenvalue weighted by molar-refractivity contribution is 7.09. The van der Waals surface area contributed by atoms with Crippen LogP contribution in [-0.2, 0) is 6.42 Å². The smallest absolute Gasteiger partial charge is 0.0794 e. The first-order valence-corrected chi connectivity index (χ1v) is 5.96. The summed E-state index contributed by atoms with van der Waals surface area (Å²) in [6.07, 6.45) is 7.20. The van der Waals surface area contributed by atoms with E-state index in [0.717, 1.165) is 19.4 Å². The normalized spacial score (nSPS) is 12.6. The molecular weight excluding hydrogens is 192 g/mol. The quantitative estimate of drug-likeness (QED) is 0.700. The van der Waals surface area contributed by atoms with Crippen molar-refractivity contribution < 1.29 is 0 Å². The van der Waals surface area contributed by atoms with Crippen molar-refractivity contribution in [2.24, 2.45) is 0 Å². The number of hydrogen-bond donors (Lipinski definition) is 1. The maximum atomic E-state index is 4.08. The van der Waals surface area contributed by atoms with Crippen LogP contribution < -0.4 is 5.32 Å². The molecular formula is C11H18N2S. The second kappa shape index (κ2) is 6.74. The molecule has 0 spiro atoms. The van der Waals surface area contributed by atoms with Crippen LogP contribution in [0.25, 0.3) is 0 Å². The predicted octanol–water partition coefficient (Wildman–Crippen LogP) is 2.63. The van der Waals surface area contributed by atoms with Crippen molar-refractivity contribution >= 4 is 11.3 Å². The van der Waals surface area contributed by atoms with Crippen LogP contribution in [0.5, 0.6) is 0 Å². The lowest BCUT2D eigenvalue weighted by atomic mass is 10.1. The van der Waals surface area contributed by atoms with Gasteiger partial charge in [0.05, 0.1) is 5.51 Å². The van der Waals surface area contributed by atoms with E-state index in [0.29, 0.717) is 6.04 Å². The Balaban J connectivity index is 2.38. The van der Waals surface area contributed by atoms with Gasteiger partial charge < -0.3 is 5.32 Å². The van der Waals surface area contributed by atoms with E-state index >= 15 is 0 Å². The number of aromatic nitrogens is 1. The first-order valence-electron chi connectivity index (χ1n) is 5.08. The van der Waals surface area contributed by atoms with Gasteiger partial charge in [-0.15, -0.1) is 17.9 Å². The van der Waals surface area contributed by atoms with E-state index in [1.54, 1.807) is 11.3 Å². The second-order valence-corrected chi connectivity index (χ2v) is 4.32. The summed E-state index contributed by atoms with van der Waals surface area (Å²) in [6, 6.07) is 0.521. The van der Waals surface area contributed by atoms with Crippen molar-refractivity contribution in [2.75, 3.05) is 6.54 Å². The van der Waals surface area contributed by atoms with Crippen molar-refractivity contribution in [1.82, 2.24) is 10.3 Å². The molecule has 0 saturated carbocycles. The molecule has 1 aromatic heterocycles. The molecule has 0 fully saturated rings. The Morgan fingerprint density at radius 1 is 1.71 bits per heavy atom. The van der Waals surface area contributed by atoms with E-state index in [4.69, 9.17) is 0 Å². The molecule has 0 amide bonds. The van der Waals surface area contributed by atoms with Crippen molar-refractivity contribution in [3.63, 3.8) is 0 Å². The Bertz CT molecular complexity index is 244. The molecule has 2 nitrogen and oxygen atoms in total. The minimum Gasteiger partial charge on any atom is -0.313 e. The molecule has 0 radical (unpaired) electrons. The van der Waals surface area contributed by atoms with Crippen molar-refractivity contribution in [1.29, 1.82) is 0 Å². The highest BCUT2D eigenvalue weighted by Gasteiger charge is 2.07. The Morgan fingerprint density at radius 2 is 2.57 bits per heavy atom. The molecule has 0 saturated heterocycles. The number of rotatable bonds is 7. The second-order valence-electron chi connectivity index (χ2n) is 3.35. The molecule has 14 heavy (non-hydrogen) atoms. The highest BCUT2D eigenvalue weighted by Crippen LogP contribution is 2.10. The largest absolute Gasteiger partial charge is 0.313 e. The lowest BCUT2D eigenvalue weighted by Crippen LogP contribution is -2.31. The fraction of sp³-hybridized carbons (Fsp3) is 0.545. The maximum Gasteiger partial charge on any atom is 0.0794 e. The van der Waals surface area contributed by atoms with Crippen LogP contribution in [0.2, 0.25) is 0 Å². The van der Waals surface area contributed by atoms with E-state index in [1.165, 1.54) is 11.3 Å². The van der Waals surface area contributed by atoms with Crippen LogP contribution in [0.3, 0.4) is 0 Å².